The van der Waals surface area contributed by atoms with Crippen molar-refractivity contribution in [1.82, 2.24) is 3.97 Å². The molecule has 0 fully saturated rings. The summed E-state index contributed by atoms with van der Waals surface area (Å²) in [4.78, 5) is 0.227. The quantitative estimate of drug-likeness (QED) is 0.209. The van der Waals surface area contributed by atoms with E-state index in [1.807, 2.05) is 117 Å². The van der Waals surface area contributed by atoms with Gasteiger partial charge >= 0.3 is 0 Å². The van der Waals surface area contributed by atoms with Crippen molar-refractivity contribution in [3.8, 4) is 11.3 Å². The molecule has 1 heterocycles. The predicted molar refractivity (Wildman–Crippen MR) is 158 cm³/mol. The molecule has 0 saturated heterocycles. The number of halogens is 2. The molecule has 4 aromatic carbocycles. The molecule has 38 heavy (non-hydrogen) atoms. The summed E-state index contributed by atoms with van der Waals surface area (Å²) in [7, 11) is -3.94. The Morgan fingerprint density at radius 3 is 1.76 bits per heavy atom. The van der Waals surface area contributed by atoms with Crippen LogP contribution in [0.1, 0.15) is 27.9 Å². The molecule has 1 aromatic heterocycles. The highest BCUT2D eigenvalue weighted by Gasteiger charge is 2.26. The number of rotatable bonds is 6. The summed E-state index contributed by atoms with van der Waals surface area (Å²) in [6.45, 7) is 3.87. The molecule has 3 nitrogen and oxygen atoms in total. The summed E-state index contributed by atoms with van der Waals surface area (Å²) in [6, 6.07) is 33.4. The fourth-order valence-electron chi connectivity index (χ4n) is 4.41. The first kappa shape index (κ1) is 26.1. The first-order valence-corrected chi connectivity index (χ1v) is 14.3. The molecule has 5 aromatic rings. The van der Waals surface area contributed by atoms with Gasteiger partial charge in [0.05, 0.1) is 16.3 Å². The van der Waals surface area contributed by atoms with Gasteiger partial charge in [-0.25, -0.2) is 12.4 Å². The maximum Gasteiger partial charge on any atom is 0.268 e. The van der Waals surface area contributed by atoms with Gasteiger partial charge in [0.1, 0.15) is 0 Å². The third-order valence-corrected chi connectivity index (χ3v) is 8.66. The van der Waals surface area contributed by atoms with Crippen molar-refractivity contribution in [2.45, 2.75) is 18.7 Å². The van der Waals surface area contributed by atoms with Crippen LogP contribution in [-0.2, 0) is 10.0 Å². The second-order valence-corrected chi connectivity index (χ2v) is 11.8. The number of hydrogen-bond acceptors (Lipinski definition) is 2. The fourth-order valence-corrected chi connectivity index (χ4v) is 6.23. The summed E-state index contributed by atoms with van der Waals surface area (Å²) in [5.41, 5.74) is 6.45. The van der Waals surface area contributed by atoms with Gasteiger partial charge in [0.25, 0.3) is 10.0 Å². The fraction of sp³-hybridized carbons (Fsp3) is 0.0625. The average Bonchev–Trinajstić information content (AvgIpc) is 3.26. The monoisotopic (exact) mass is 557 g/mol. The van der Waals surface area contributed by atoms with Gasteiger partial charge in [0.2, 0.25) is 0 Å². The van der Waals surface area contributed by atoms with Crippen LogP contribution in [0.15, 0.2) is 114 Å². The van der Waals surface area contributed by atoms with Crippen LogP contribution in [0.5, 0.6) is 0 Å². The zero-order valence-electron chi connectivity index (χ0n) is 20.9. The Bertz CT molecular complexity index is 1670. The lowest BCUT2D eigenvalue weighted by atomic mass is 9.96. The number of hydrogen-bond donors (Lipinski definition) is 0. The molecule has 0 unspecified atom stereocenters. The van der Waals surface area contributed by atoms with Gasteiger partial charge < -0.3 is 0 Å². The first-order valence-electron chi connectivity index (χ1n) is 12.1. The lowest BCUT2D eigenvalue weighted by Gasteiger charge is -2.16. The van der Waals surface area contributed by atoms with E-state index in [1.54, 1.807) is 12.1 Å². The third-order valence-electron chi connectivity index (χ3n) is 6.42. The zero-order chi connectivity index (χ0) is 26.9. The second-order valence-electron chi connectivity index (χ2n) is 9.12. The van der Waals surface area contributed by atoms with Crippen molar-refractivity contribution >= 4 is 44.9 Å². The molecule has 0 bridgehead atoms. The van der Waals surface area contributed by atoms with Crippen LogP contribution in [0.4, 0.5) is 0 Å². The van der Waals surface area contributed by atoms with E-state index >= 15 is 0 Å². The van der Waals surface area contributed by atoms with E-state index in [2.05, 4.69) is 0 Å². The number of nitrogens with zero attached hydrogens (tertiary/aromatic N) is 1. The van der Waals surface area contributed by atoms with Crippen molar-refractivity contribution in [1.29, 1.82) is 0 Å². The summed E-state index contributed by atoms with van der Waals surface area (Å²) < 4.78 is 29.9. The third kappa shape index (κ3) is 5.21. The Morgan fingerprint density at radius 2 is 1.24 bits per heavy atom. The molecule has 190 valence electrons. The van der Waals surface area contributed by atoms with E-state index in [9.17, 15) is 8.42 Å². The van der Waals surface area contributed by atoms with Crippen molar-refractivity contribution < 1.29 is 8.42 Å². The summed E-state index contributed by atoms with van der Waals surface area (Å²) in [6.07, 6.45) is 1.93. The SMILES string of the molecule is Cc1ccc(S(=O)(=O)n2c(-c3ccccc3)cc(C)c2C=C(c2ccc(Cl)cc2)c2ccc(Cl)cc2)cc1. The molecule has 0 aliphatic rings. The van der Waals surface area contributed by atoms with Gasteiger partial charge in [0, 0.05) is 10.0 Å². The number of aromatic nitrogens is 1. The Hall–Kier alpha value is -3.57. The highest BCUT2D eigenvalue weighted by Crippen LogP contribution is 2.35. The average molecular weight is 559 g/mol. The summed E-state index contributed by atoms with van der Waals surface area (Å²) in [5.74, 6) is 0. The van der Waals surface area contributed by atoms with E-state index < -0.39 is 10.0 Å². The van der Waals surface area contributed by atoms with Crippen molar-refractivity contribution in [3.05, 3.63) is 147 Å². The summed E-state index contributed by atoms with van der Waals surface area (Å²) >= 11 is 12.4. The molecule has 0 atom stereocenters. The lowest BCUT2D eigenvalue weighted by molar-refractivity contribution is 0.587. The minimum atomic E-state index is -3.94. The van der Waals surface area contributed by atoms with Gasteiger partial charge in [0.15, 0.2) is 0 Å². The lowest BCUT2D eigenvalue weighted by Crippen LogP contribution is -2.16. The highest BCUT2D eigenvalue weighted by molar-refractivity contribution is 7.90. The maximum atomic E-state index is 14.2. The van der Waals surface area contributed by atoms with Gasteiger partial charge in [-0.15, -0.1) is 0 Å². The van der Waals surface area contributed by atoms with Crippen molar-refractivity contribution in [3.63, 3.8) is 0 Å². The molecule has 0 spiro atoms. The van der Waals surface area contributed by atoms with E-state index in [1.165, 1.54) is 3.97 Å². The summed E-state index contributed by atoms with van der Waals surface area (Å²) in [5, 5.41) is 1.24. The maximum absolute atomic E-state index is 14.2. The van der Waals surface area contributed by atoms with Crippen LogP contribution in [-0.4, -0.2) is 12.4 Å². The van der Waals surface area contributed by atoms with Crippen molar-refractivity contribution in [2.75, 3.05) is 0 Å². The normalized spacial score (nSPS) is 11.4. The highest BCUT2D eigenvalue weighted by atomic mass is 35.5. The Balaban J connectivity index is 1.82. The van der Waals surface area contributed by atoms with Gasteiger partial charge in [-0.1, -0.05) is 95.5 Å². The van der Waals surface area contributed by atoms with E-state index in [0.717, 1.165) is 33.4 Å². The topological polar surface area (TPSA) is 39.1 Å². The van der Waals surface area contributed by atoms with Crippen LogP contribution in [0.25, 0.3) is 22.9 Å². The second kappa shape index (κ2) is 10.7. The predicted octanol–water partition coefficient (Wildman–Crippen LogP) is 8.90. The van der Waals surface area contributed by atoms with E-state index in [-0.39, 0.29) is 4.90 Å². The van der Waals surface area contributed by atoms with Crippen LogP contribution >= 0.6 is 23.2 Å². The molecule has 0 amide bonds. The van der Waals surface area contributed by atoms with Gasteiger partial charge in [-0.3, -0.25) is 0 Å². The first-order chi connectivity index (χ1) is 18.2. The molecule has 0 aliphatic heterocycles. The Labute approximate surface area is 233 Å². The minimum absolute atomic E-state index is 0.227. The Kier molecular flexibility index (Phi) is 7.31. The van der Waals surface area contributed by atoms with Gasteiger partial charge in [-0.2, -0.15) is 0 Å². The Morgan fingerprint density at radius 1 is 0.711 bits per heavy atom. The van der Waals surface area contributed by atoms with E-state index in [0.29, 0.717) is 21.4 Å². The smallest absolute Gasteiger partial charge is 0.234 e. The number of benzene rings is 4. The standard InChI is InChI=1S/C32H25Cl2NO2S/c1-22-8-18-29(19-9-22)38(36,37)35-31(23(2)20-32(35)26-6-4-3-5-7-26)21-30(24-10-14-27(33)15-11-24)25-12-16-28(34)17-13-25/h3-21H,1-2H3. The molecular weight excluding hydrogens is 533 g/mol. The van der Waals surface area contributed by atoms with Crippen LogP contribution < -0.4 is 0 Å². The molecule has 0 radical (unpaired) electrons. The van der Waals surface area contributed by atoms with Crippen LogP contribution in [0, 0.1) is 13.8 Å². The molecule has 6 heteroatoms. The van der Waals surface area contributed by atoms with Crippen LogP contribution in [0.3, 0.4) is 0 Å². The zero-order valence-corrected chi connectivity index (χ0v) is 23.2. The molecule has 5 rings (SSSR count). The molecular formula is C32H25Cl2NO2S. The minimum Gasteiger partial charge on any atom is -0.234 e. The largest absolute Gasteiger partial charge is 0.268 e. The molecule has 0 saturated carbocycles. The number of aryl methyl sites for hydroxylation is 2. The molecule has 0 N–H and O–H groups in total. The van der Waals surface area contributed by atoms with Crippen molar-refractivity contribution in [2.24, 2.45) is 0 Å². The van der Waals surface area contributed by atoms with E-state index in [4.69, 9.17) is 23.2 Å². The van der Waals surface area contributed by atoms with Gasteiger partial charge in [-0.05, 0) is 90.2 Å². The molecule has 0 aliphatic carbocycles. The van der Waals surface area contributed by atoms with Crippen LogP contribution in [0.2, 0.25) is 10.0 Å².